The molecule has 1 rings (SSSR count). The number of halogens is 3. The molecule has 0 amide bonds. The Morgan fingerprint density at radius 3 is 2.50 bits per heavy atom. The van der Waals surface area contributed by atoms with Crippen LogP contribution in [-0.4, -0.2) is 0 Å². The maximum Gasteiger partial charge on any atom is 0.0843 e. The molecule has 0 saturated heterocycles. The van der Waals surface area contributed by atoms with Gasteiger partial charge in [-0.15, -0.1) is 11.3 Å². The molecule has 0 N–H and O–H groups in total. The smallest absolute Gasteiger partial charge is 0.0843 e. The summed E-state index contributed by atoms with van der Waals surface area (Å²) < 4.78 is 2.34. The summed E-state index contributed by atoms with van der Waals surface area (Å²) in [6.45, 7) is 4.53. The lowest BCUT2D eigenvalue weighted by Crippen LogP contribution is -2.00. The number of alkyl halides is 1. The van der Waals surface area contributed by atoms with Crippen LogP contribution in [0, 0.1) is 5.92 Å². The van der Waals surface area contributed by atoms with Crippen LogP contribution in [0.25, 0.3) is 0 Å². The van der Waals surface area contributed by atoms with Crippen LogP contribution in [0.5, 0.6) is 0 Å². The van der Waals surface area contributed by atoms with Crippen molar-refractivity contribution in [2.24, 2.45) is 5.92 Å². The summed E-state index contributed by atoms with van der Waals surface area (Å²) in [5.41, 5.74) is 0. The van der Waals surface area contributed by atoms with E-state index in [9.17, 15) is 0 Å². The van der Waals surface area contributed by atoms with Crippen molar-refractivity contribution in [3.8, 4) is 0 Å². The topological polar surface area (TPSA) is 0 Å². The molecule has 0 nitrogen and oxygen atoms in total. The van der Waals surface area contributed by atoms with Crippen LogP contribution in [0.1, 0.15) is 36.4 Å². The highest BCUT2D eigenvalue weighted by Gasteiger charge is 2.18. The van der Waals surface area contributed by atoms with Gasteiger partial charge >= 0.3 is 0 Å². The second kappa shape index (κ2) is 6.02. The normalized spacial score (nSPS) is 15.5. The molecule has 0 spiro atoms. The van der Waals surface area contributed by atoms with Gasteiger partial charge in [0.1, 0.15) is 0 Å². The average Bonchev–Trinajstić information content (AvgIpc) is 2.46. The molecule has 4 heteroatoms. The van der Waals surface area contributed by atoms with Gasteiger partial charge in [-0.3, -0.25) is 0 Å². The molecule has 0 bridgehead atoms. The monoisotopic (exact) mass is 402 g/mol. The fourth-order valence-electron chi connectivity index (χ4n) is 1.38. The van der Waals surface area contributed by atoms with E-state index in [1.807, 2.05) is 0 Å². The fraction of sp³-hybridized carbons (Fsp3) is 0.600. The van der Waals surface area contributed by atoms with E-state index < -0.39 is 0 Å². The number of hydrogen-bond acceptors (Lipinski definition) is 1. The number of rotatable bonds is 4. The molecule has 2 unspecified atom stereocenters. The first-order valence-corrected chi connectivity index (χ1v) is 7.96. The van der Waals surface area contributed by atoms with Crippen LogP contribution in [0.4, 0.5) is 0 Å². The van der Waals surface area contributed by atoms with E-state index in [0.29, 0.717) is 10.7 Å². The molecule has 0 saturated carbocycles. The van der Waals surface area contributed by atoms with Crippen LogP contribution in [-0.2, 0) is 0 Å². The van der Waals surface area contributed by atoms with E-state index >= 15 is 0 Å². The third-order valence-electron chi connectivity index (χ3n) is 2.18. The minimum Gasteiger partial charge on any atom is -0.131 e. The van der Waals surface area contributed by atoms with E-state index in [1.54, 1.807) is 11.3 Å². The van der Waals surface area contributed by atoms with Crippen LogP contribution in [0.3, 0.4) is 0 Å². The van der Waals surface area contributed by atoms with Crippen LogP contribution >= 0.6 is 59.1 Å². The van der Waals surface area contributed by atoms with Crippen molar-refractivity contribution in [2.75, 3.05) is 0 Å². The van der Waals surface area contributed by atoms with Crippen LogP contribution in [0.2, 0.25) is 0 Å². The molecule has 80 valence electrons. The van der Waals surface area contributed by atoms with Crippen molar-refractivity contribution in [1.82, 2.24) is 0 Å². The molecule has 14 heavy (non-hydrogen) atoms. The van der Waals surface area contributed by atoms with E-state index in [2.05, 4.69) is 67.7 Å². The van der Waals surface area contributed by atoms with Crippen LogP contribution < -0.4 is 0 Å². The Labute approximate surface area is 115 Å². The zero-order valence-electron chi connectivity index (χ0n) is 8.19. The molecule has 0 aliphatic heterocycles. The maximum atomic E-state index is 3.77. The lowest BCUT2D eigenvalue weighted by atomic mass is 10.0. The first kappa shape index (κ1) is 13.2. The molecule has 0 fully saturated rings. The molecule has 1 aromatic heterocycles. The Morgan fingerprint density at radius 2 is 2.07 bits per heavy atom. The molecule has 1 aromatic rings. The zero-order chi connectivity index (χ0) is 10.7. The third-order valence-corrected chi connectivity index (χ3v) is 7.22. The zero-order valence-corrected chi connectivity index (χ0v) is 13.8. The van der Waals surface area contributed by atoms with Gasteiger partial charge in [-0.2, -0.15) is 0 Å². The van der Waals surface area contributed by atoms with Gasteiger partial charge in [-0.25, -0.2) is 0 Å². The largest absolute Gasteiger partial charge is 0.131 e. The molecular formula is C10H13Br3S. The Morgan fingerprint density at radius 1 is 1.43 bits per heavy atom. The van der Waals surface area contributed by atoms with E-state index in [4.69, 9.17) is 0 Å². The average molecular weight is 405 g/mol. The third kappa shape index (κ3) is 3.32. The fourth-order valence-corrected chi connectivity index (χ4v) is 4.26. The Kier molecular flexibility index (Phi) is 5.68. The predicted octanol–water partition coefficient (Wildman–Crippen LogP) is 6.15. The van der Waals surface area contributed by atoms with Crippen molar-refractivity contribution in [3.05, 3.63) is 19.2 Å². The minimum atomic E-state index is 0.482. The second-order valence-electron chi connectivity index (χ2n) is 3.44. The van der Waals surface area contributed by atoms with Gasteiger partial charge in [0, 0.05) is 9.35 Å². The number of thiophene rings is 1. The molecule has 0 aromatic carbocycles. The molecule has 0 radical (unpaired) electrons. The van der Waals surface area contributed by atoms with E-state index in [-0.39, 0.29) is 0 Å². The highest BCUT2D eigenvalue weighted by Crippen LogP contribution is 2.42. The van der Waals surface area contributed by atoms with Gasteiger partial charge < -0.3 is 0 Å². The molecule has 2 atom stereocenters. The Balaban J connectivity index is 2.73. The van der Waals surface area contributed by atoms with Crippen molar-refractivity contribution in [2.45, 2.75) is 31.5 Å². The quantitative estimate of drug-likeness (QED) is 0.528. The first-order chi connectivity index (χ1) is 6.56. The SMILES string of the molecule is CCCC(C)C(Br)c1cc(Br)c(Br)s1. The van der Waals surface area contributed by atoms with Crippen molar-refractivity contribution in [3.63, 3.8) is 0 Å². The lowest BCUT2D eigenvalue weighted by Gasteiger charge is -2.15. The summed E-state index contributed by atoms with van der Waals surface area (Å²) in [5, 5.41) is 0. The highest BCUT2D eigenvalue weighted by molar-refractivity contribution is 9.13. The molecular weight excluding hydrogens is 392 g/mol. The van der Waals surface area contributed by atoms with Gasteiger partial charge in [0.15, 0.2) is 0 Å². The molecule has 1 heterocycles. The summed E-state index contributed by atoms with van der Waals surface area (Å²) in [7, 11) is 0. The predicted molar refractivity (Wildman–Crippen MR) is 75.5 cm³/mol. The van der Waals surface area contributed by atoms with Crippen molar-refractivity contribution in [1.29, 1.82) is 0 Å². The summed E-state index contributed by atoms with van der Waals surface area (Å²) in [4.78, 5) is 1.87. The Bertz CT molecular complexity index is 276. The Hall–Kier alpha value is 1.14. The lowest BCUT2D eigenvalue weighted by molar-refractivity contribution is 0.522. The van der Waals surface area contributed by atoms with Crippen molar-refractivity contribution >= 4 is 59.1 Å². The summed E-state index contributed by atoms with van der Waals surface area (Å²) in [6, 6.07) is 2.19. The van der Waals surface area contributed by atoms with Gasteiger partial charge in [0.2, 0.25) is 0 Å². The standard InChI is InChI=1S/C10H13Br3S/c1-3-4-6(2)9(12)8-5-7(11)10(13)14-8/h5-6,9H,3-4H2,1-2H3. The summed E-state index contributed by atoms with van der Waals surface area (Å²) in [5.74, 6) is 0.692. The highest BCUT2D eigenvalue weighted by atomic mass is 79.9. The number of hydrogen-bond donors (Lipinski definition) is 0. The first-order valence-electron chi connectivity index (χ1n) is 4.65. The van der Waals surface area contributed by atoms with Gasteiger partial charge in [-0.1, -0.05) is 36.2 Å². The molecule has 0 aliphatic rings. The van der Waals surface area contributed by atoms with Gasteiger partial charge in [0.25, 0.3) is 0 Å². The van der Waals surface area contributed by atoms with Crippen molar-refractivity contribution < 1.29 is 0 Å². The van der Waals surface area contributed by atoms with Gasteiger partial charge in [-0.05, 0) is 50.3 Å². The summed E-state index contributed by atoms with van der Waals surface area (Å²) in [6.07, 6.45) is 2.51. The summed E-state index contributed by atoms with van der Waals surface area (Å²) >= 11 is 12.6. The van der Waals surface area contributed by atoms with Crippen LogP contribution in [0.15, 0.2) is 14.3 Å². The minimum absolute atomic E-state index is 0.482. The van der Waals surface area contributed by atoms with Gasteiger partial charge in [0.05, 0.1) is 8.61 Å². The second-order valence-corrected chi connectivity index (χ2v) is 7.68. The van der Waals surface area contributed by atoms with E-state index in [0.717, 1.165) is 4.47 Å². The molecule has 0 aliphatic carbocycles. The van der Waals surface area contributed by atoms with E-state index in [1.165, 1.54) is 21.5 Å². The maximum absolute atomic E-state index is 3.77.